The Hall–Kier alpha value is -3.54. The van der Waals surface area contributed by atoms with Crippen LogP contribution < -0.4 is 14.8 Å². The Morgan fingerprint density at radius 1 is 1.09 bits per heavy atom. The van der Waals surface area contributed by atoms with Crippen LogP contribution in [0.5, 0.6) is 11.6 Å². The van der Waals surface area contributed by atoms with Gasteiger partial charge in [0, 0.05) is 19.0 Å². The maximum absolute atomic E-state index is 12.6. The molecule has 2 aromatic carbocycles. The van der Waals surface area contributed by atoms with Gasteiger partial charge in [-0.3, -0.25) is 4.79 Å². The number of sulfonamides is 1. The van der Waals surface area contributed by atoms with E-state index in [9.17, 15) is 13.2 Å². The van der Waals surface area contributed by atoms with Crippen molar-refractivity contribution in [1.29, 1.82) is 0 Å². The molecule has 176 valence electrons. The van der Waals surface area contributed by atoms with Crippen LogP contribution in [0, 0.1) is 0 Å². The summed E-state index contributed by atoms with van der Waals surface area (Å²) in [6.45, 7) is -0.337. The minimum atomic E-state index is -3.68. The summed E-state index contributed by atoms with van der Waals surface area (Å²) in [5, 5.41) is 3.35. The Morgan fingerprint density at radius 3 is 2.56 bits per heavy atom. The highest BCUT2D eigenvalue weighted by Gasteiger charge is 2.20. The summed E-state index contributed by atoms with van der Waals surface area (Å²) in [7, 11) is 0.614. The Kier molecular flexibility index (Phi) is 6.77. The molecule has 0 spiro atoms. The first-order valence-electron chi connectivity index (χ1n) is 10.1. The number of benzene rings is 2. The van der Waals surface area contributed by atoms with Crippen LogP contribution in [-0.4, -0.2) is 56.4 Å². The highest BCUT2D eigenvalue weighted by atomic mass is 32.2. The second-order valence-electron chi connectivity index (χ2n) is 7.36. The molecular formula is C23H22N4O5S2. The van der Waals surface area contributed by atoms with E-state index >= 15 is 0 Å². The van der Waals surface area contributed by atoms with Crippen molar-refractivity contribution in [3.63, 3.8) is 0 Å². The molecule has 2 heterocycles. The summed E-state index contributed by atoms with van der Waals surface area (Å²) < 4.78 is 36.9. The zero-order valence-electron chi connectivity index (χ0n) is 18.7. The number of fused-ring (bicyclic) bond motifs is 1. The average molecular weight is 499 g/mol. The lowest BCUT2D eigenvalue weighted by atomic mass is 10.2. The predicted octanol–water partition coefficient (Wildman–Crippen LogP) is 3.63. The maximum Gasteiger partial charge on any atom is 0.262 e. The van der Waals surface area contributed by atoms with Crippen molar-refractivity contribution >= 4 is 43.2 Å². The van der Waals surface area contributed by atoms with Crippen molar-refractivity contribution in [2.75, 3.05) is 33.1 Å². The average Bonchev–Trinajstić information content (AvgIpc) is 3.28. The van der Waals surface area contributed by atoms with Gasteiger partial charge in [-0.05, 0) is 29.8 Å². The third kappa shape index (κ3) is 4.86. The van der Waals surface area contributed by atoms with Gasteiger partial charge in [-0.15, -0.1) is 11.3 Å². The second kappa shape index (κ2) is 9.75. The summed E-state index contributed by atoms with van der Waals surface area (Å²) in [5.74, 6) is 0.110. The summed E-state index contributed by atoms with van der Waals surface area (Å²) in [4.78, 5) is 22.9. The van der Waals surface area contributed by atoms with Crippen molar-refractivity contribution in [3.05, 3.63) is 60.9 Å². The zero-order valence-corrected chi connectivity index (χ0v) is 20.3. The molecular weight excluding hydrogens is 476 g/mol. The number of hydrogen-bond acceptors (Lipinski definition) is 8. The minimum absolute atomic E-state index is 0.0266. The molecule has 0 unspecified atom stereocenters. The van der Waals surface area contributed by atoms with Gasteiger partial charge < -0.3 is 14.8 Å². The molecule has 0 aliphatic rings. The highest BCUT2D eigenvalue weighted by molar-refractivity contribution is 7.89. The number of rotatable bonds is 8. The van der Waals surface area contributed by atoms with Crippen LogP contribution in [-0.2, 0) is 14.8 Å². The number of amides is 1. The summed E-state index contributed by atoms with van der Waals surface area (Å²) in [6.07, 6.45) is 1.39. The third-order valence-electron chi connectivity index (χ3n) is 4.91. The lowest BCUT2D eigenvalue weighted by Gasteiger charge is -2.15. The van der Waals surface area contributed by atoms with Crippen LogP contribution in [0.15, 0.2) is 65.8 Å². The van der Waals surface area contributed by atoms with Crippen LogP contribution in [0.25, 0.3) is 20.7 Å². The number of ether oxygens (including phenoxy) is 2. The number of methoxy groups -OCH3 is 1. The fourth-order valence-corrected chi connectivity index (χ4v) is 5.09. The summed E-state index contributed by atoms with van der Waals surface area (Å²) in [5.41, 5.74) is 1.27. The van der Waals surface area contributed by atoms with Gasteiger partial charge in [0.05, 0.1) is 23.1 Å². The van der Waals surface area contributed by atoms with Gasteiger partial charge in [0.25, 0.3) is 5.91 Å². The lowest BCUT2D eigenvalue weighted by Crippen LogP contribution is -2.23. The number of hydrogen-bond donors (Lipinski definition) is 1. The molecule has 0 aliphatic heterocycles. The number of carbonyl (C=O) groups excluding carboxylic acids is 1. The first kappa shape index (κ1) is 23.6. The molecule has 0 atom stereocenters. The fraction of sp³-hybridized carbons (Fsp3) is 0.174. The Labute approximate surface area is 201 Å². The van der Waals surface area contributed by atoms with E-state index < -0.39 is 15.9 Å². The van der Waals surface area contributed by atoms with Gasteiger partial charge in [-0.2, -0.15) is 0 Å². The summed E-state index contributed by atoms with van der Waals surface area (Å²) in [6, 6.07) is 16.1. The highest BCUT2D eigenvalue weighted by Crippen LogP contribution is 2.35. The van der Waals surface area contributed by atoms with Gasteiger partial charge in [-0.1, -0.05) is 30.3 Å². The molecule has 0 saturated carbocycles. The molecule has 34 heavy (non-hydrogen) atoms. The predicted molar refractivity (Wildman–Crippen MR) is 131 cm³/mol. The van der Waals surface area contributed by atoms with Gasteiger partial charge in [0.2, 0.25) is 15.9 Å². The van der Waals surface area contributed by atoms with E-state index in [0.717, 1.165) is 19.6 Å². The van der Waals surface area contributed by atoms with Crippen LogP contribution in [0.2, 0.25) is 0 Å². The van der Waals surface area contributed by atoms with Gasteiger partial charge in [0.15, 0.2) is 6.61 Å². The fourth-order valence-electron chi connectivity index (χ4n) is 3.17. The number of thiophene rings is 1. The normalized spacial score (nSPS) is 11.5. The summed E-state index contributed by atoms with van der Waals surface area (Å²) >= 11 is 1.50. The largest absolute Gasteiger partial charge is 0.495 e. The monoisotopic (exact) mass is 498 g/mol. The number of carbonyl (C=O) groups is 1. The third-order valence-corrected chi connectivity index (χ3v) is 7.82. The zero-order chi connectivity index (χ0) is 24.3. The van der Waals surface area contributed by atoms with E-state index in [-0.39, 0.29) is 23.1 Å². The molecule has 0 saturated heterocycles. The first-order valence-corrected chi connectivity index (χ1v) is 12.4. The van der Waals surface area contributed by atoms with Crippen LogP contribution in [0.3, 0.4) is 0 Å². The van der Waals surface area contributed by atoms with Crippen molar-refractivity contribution in [2.45, 2.75) is 4.90 Å². The molecule has 11 heteroatoms. The van der Waals surface area contributed by atoms with Gasteiger partial charge >= 0.3 is 0 Å². The number of nitrogens with zero attached hydrogens (tertiary/aromatic N) is 3. The van der Waals surface area contributed by atoms with E-state index in [1.807, 2.05) is 36.4 Å². The first-order chi connectivity index (χ1) is 16.3. The van der Waals surface area contributed by atoms with Gasteiger partial charge in [0.1, 0.15) is 16.9 Å². The van der Waals surface area contributed by atoms with Crippen LogP contribution in [0.4, 0.5) is 5.69 Å². The molecule has 9 nitrogen and oxygen atoms in total. The van der Waals surface area contributed by atoms with Crippen molar-refractivity contribution in [3.8, 4) is 22.1 Å². The van der Waals surface area contributed by atoms with Crippen LogP contribution in [0.1, 0.15) is 0 Å². The van der Waals surface area contributed by atoms with E-state index in [2.05, 4.69) is 15.3 Å². The molecule has 1 N–H and O–H groups in total. The maximum atomic E-state index is 12.6. The quantitative estimate of drug-likeness (QED) is 0.395. The molecule has 0 radical (unpaired) electrons. The molecule has 0 bridgehead atoms. The van der Waals surface area contributed by atoms with Gasteiger partial charge in [-0.25, -0.2) is 22.7 Å². The minimum Gasteiger partial charge on any atom is -0.495 e. The van der Waals surface area contributed by atoms with E-state index in [0.29, 0.717) is 11.1 Å². The number of anilines is 1. The van der Waals surface area contributed by atoms with Crippen LogP contribution >= 0.6 is 11.3 Å². The number of nitrogens with one attached hydrogen (secondary N) is 1. The molecule has 2 aromatic heterocycles. The molecule has 1 amide bonds. The van der Waals surface area contributed by atoms with Crippen molar-refractivity contribution in [2.24, 2.45) is 0 Å². The molecule has 0 fully saturated rings. The van der Waals surface area contributed by atoms with Crippen molar-refractivity contribution < 1.29 is 22.7 Å². The number of aromatic nitrogens is 2. The smallest absolute Gasteiger partial charge is 0.262 e. The molecule has 0 aliphatic carbocycles. The Balaban J connectivity index is 1.52. The second-order valence-corrected chi connectivity index (χ2v) is 10.5. The van der Waals surface area contributed by atoms with E-state index in [4.69, 9.17) is 9.47 Å². The lowest BCUT2D eigenvalue weighted by molar-refractivity contribution is -0.118. The van der Waals surface area contributed by atoms with Crippen molar-refractivity contribution in [1.82, 2.24) is 14.3 Å². The SMILES string of the molecule is COc1ccc(S(=O)(=O)N(C)C)cc1NC(=O)COc1ncnc2sc(-c3ccccc3)cc12. The van der Waals surface area contributed by atoms with E-state index in [1.54, 1.807) is 0 Å². The van der Waals surface area contributed by atoms with E-state index in [1.165, 1.54) is 57.1 Å². The standard InChI is InChI=1S/C23H22N4O5S2/c1-27(2)34(29,30)16-9-10-19(31-3)18(11-16)26-21(28)13-32-22-17-12-20(15-7-5-4-6-8-15)33-23(17)25-14-24-22/h4-12,14H,13H2,1-3H3,(H,26,28). The molecule has 4 rings (SSSR count). The molecule has 4 aromatic rings. The Morgan fingerprint density at radius 2 is 1.85 bits per heavy atom. The Bertz CT molecular complexity index is 1440. The topological polar surface area (TPSA) is 111 Å².